The highest BCUT2D eigenvalue weighted by Gasteiger charge is 2.16. The molecule has 0 radical (unpaired) electrons. The number of aromatic nitrogens is 2. The molecule has 126 valence electrons. The van der Waals surface area contributed by atoms with Gasteiger partial charge in [0, 0.05) is 4.47 Å². The highest BCUT2D eigenvalue weighted by molar-refractivity contribution is 9.10. The second kappa shape index (κ2) is 7.71. The van der Waals surface area contributed by atoms with Gasteiger partial charge in [-0.3, -0.25) is 5.32 Å². The number of halogens is 1. The number of benzene rings is 2. The van der Waals surface area contributed by atoms with Crippen LogP contribution in [0.25, 0.3) is 11.0 Å². The van der Waals surface area contributed by atoms with E-state index in [0.717, 1.165) is 34.5 Å². The van der Waals surface area contributed by atoms with Crippen LogP contribution < -0.4 is 15.0 Å². The molecule has 4 nitrogen and oxygen atoms in total. The summed E-state index contributed by atoms with van der Waals surface area (Å²) in [6, 6.07) is 13.5. The van der Waals surface area contributed by atoms with Crippen molar-refractivity contribution in [1.82, 2.24) is 4.98 Å². The molecule has 0 aliphatic rings. The Balaban J connectivity index is 1.85. The first-order valence-electron chi connectivity index (χ1n) is 8.39. The van der Waals surface area contributed by atoms with Crippen molar-refractivity contribution in [1.29, 1.82) is 0 Å². The topological polar surface area (TPSA) is 54.8 Å². The lowest BCUT2D eigenvalue weighted by molar-refractivity contribution is -0.657. The molecular formula is C19H22BrN3O. The predicted molar refractivity (Wildman–Crippen MR) is 98.9 cm³/mol. The summed E-state index contributed by atoms with van der Waals surface area (Å²) in [7, 11) is 0. The van der Waals surface area contributed by atoms with Crippen molar-refractivity contribution in [2.75, 3.05) is 5.32 Å². The number of H-pyrrole nitrogens is 1. The number of aryl methyl sites for hydroxylation is 1. The lowest BCUT2D eigenvalue weighted by atomic mass is 10.2. The number of nitrogens with one attached hydrogen (secondary N) is 2. The number of hydrogen-bond acceptors (Lipinski definition) is 2. The zero-order valence-corrected chi connectivity index (χ0v) is 15.4. The van der Waals surface area contributed by atoms with E-state index in [9.17, 15) is 5.11 Å². The van der Waals surface area contributed by atoms with E-state index >= 15 is 0 Å². The Hall–Kier alpha value is -2.01. The summed E-state index contributed by atoms with van der Waals surface area (Å²) in [5.74, 6) is 1.01. The molecule has 1 aromatic heterocycles. The number of fused-ring (bicyclic) bond motifs is 1. The van der Waals surface area contributed by atoms with Crippen LogP contribution in [0.15, 0.2) is 46.9 Å². The maximum absolute atomic E-state index is 12.0. The van der Waals surface area contributed by atoms with Crippen molar-refractivity contribution in [3.05, 3.63) is 52.5 Å². The lowest BCUT2D eigenvalue weighted by Crippen LogP contribution is -2.36. The van der Waals surface area contributed by atoms with Crippen molar-refractivity contribution >= 4 is 32.9 Å². The highest BCUT2D eigenvalue weighted by atomic mass is 79.9. The first-order chi connectivity index (χ1) is 11.7. The Morgan fingerprint density at radius 2 is 2.00 bits per heavy atom. The highest BCUT2D eigenvalue weighted by Crippen LogP contribution is 2.21. The maximum atomic E-state index is 12.0. The molecule has 24 heavy (non-hydrogen) atoms. The van der Waals surface area contributed by atoms with Gasteiger partial charge in [0.1, 0.15) is 11.0 Å². The van der Waals surface area contributed by atoms with Crippen LogP contribution >= 0.6 is 15.9 Å². The molecule has 0 saturated carbocycles. The summed E-state index contributed by atoms with van der Waals surface area (Å²) < 4.78 is 3.19. The summed E-state index contributed by atoms with van der Waals surface area (Å²) in [6.45, 7) is 3.67. The van der Waals surface area contributed by atoms with Gasteiger partial charge in [0.2, 0.25) is 0 Å². The Labute approximate surface area is 150 Å². The molecule has 3 rings (SSSR count). The van der Waals surface area contributed by atoms with Crippen molar-refractivity contribution in [2.24, 2.45) is 0 Å². The fourth-order valence-corrected chi connectivity index (χ4v) is 3.30. The minimum absolute atomic E-state index is 0.0549. The van der Waals surface area contributed by atoms with E-state index in [1.807, 2.05) is 12.1 Å². The van der Waals surface area contributed by atoms with Crippen molar-refractivity contribution in [2.45, 2.75) is 39.3 Å². The number of hydrogen-bond donors (Lipinski definition) is 2. The Bertz CT molecular complexity index is 829. The molecule has 0 saturated heterocycles. The fraction of sp³-hybridized carbons (Fsp3) is 0.316. The van der Waals surface area contributed by atoms with Gasteiger partial charge in [-0.2, -0.15) is 0 Å². The number of aromatic amines is 1. The molecule has 0 aliphatic carbocycles. The minimum Gasteiger partial charge on any atom is -0.872 e. The second-order valence-corrected chi connectivity index (χ2v) is 6.87. The second-order valence-electron chi connectivity index (χ2n) is 5.96. The van der Waals surface area contributed by atoms with Crippen LogP contribution in [0.4, 0.5) is 5.95 Å². The van der Waals surface area contributed by atoms with Crippen LogP contribution in [0.5, 0.6) is 5.75 Å². The molecule has 0 amide bonds. The molecule has 0 unspecified atom stereocenters. The van der Waals surface area contributed by atoms with Gasteiger partial charge in [0.25, 0.3) is 0 Å². The third kappa shape index (κ3) is 3.73. The molecular weight excluding hydrogens is 366 g/mol. The Morgan fingerprint density at radius 1 is 1.17 bits per heavy atom. The third-order valence-electron chi connectivity index (χ3n) is 4.17. The Morgan fingerprint density at radius 3 is 2.83 bits per heavy atom. The normalized spacial score (nSPS) is 11.1. The molecule has 2 N–H and O–H groups in total. The first-order valence-corrected chi connectivity index (χ1v) is 9.18. The van der Waals surface area contributed by atoms with E-state index in [-0.39, 0.29) is 5.75 Å². The van der Waals surface area contributed by atoms with E-state index in [1.165, 1.54) is 18.4 Å². The number of rotatable bonds is 7. The van der Waals surface area contributed by atoms with Gasteiger partial charge in [0.05, 0.1) is 13.1 Å². The average Bonchev–Trinajstić information content (AvgIpc) is 2.94. The van der Waals surface area contributed by atoms with Crippen LogP contribution in [-0.4, -0.2) is 4.98 Å². The SMILES string of the molecule is CCCCC[n+]1c(NCc2cc(Br)ccc2[O-])[nH]c2ccccc21. The minimum atomic E-state index is 0.0549. The van der Waals surface area contributed by atoms with E-state index in [1.54, 1.807) is 12.1 Å². The summed E-state index contributed by atoms with van der Waals surface area (Å²) in [6.07, 6.45) is 3.55. The monoisotopic (exact) mass is 387 g/mol. The molecule has 5 heteroatoms. The summed E-state index contributed by atoms with van der Waals surface area (Å²) >= 11 is 3.43. The summed E-state index contributed by atoms with van der Waals surface area (Å²) in [4.78, 5) is 3.43. The van der Waals surface area contributed by atoms with Crippen molar-refractivity contribution < 1.29 is 9.67 Å². The van der Waals surface area contributed by atoms with Gasteiger partial charge in [-0.25, -0.2) is 9.55 Å². The molecule has 2 aromatic carbocycles. The molecule has 0 fully saturated rings. The van der Waals surface area contributed by atoms with Gasteiger partial charge < -0.3 is 5.11 Å². The molecule has 0 bridgehead atoms. The number of anilines is 1. The van der Waals surface area contributed by atoms with Crippen LogP contribution in [-0.2, 0) is 13.1 Å². The van der Waals surface area contributed by atoms with E-state index in [4.69, 9.17) is 0 Å². The van der Waals surface area contributed by atoms with Gasteiger partial charge in [-0.15, -0.1) is 5.75 Å². The van der Waals surface area contributed by atoms with Gasteiger partial charge in [0.15, 0.2) is 0 Å². The van der Waals surface area contributed by atoms with Gasteiger partial charge in [-0.05, 0) is 36.2 Å². The number of para-hydroxylation sites is 2. The van der Waals surface area contributed by atoms with Crippen LogP contribution in [0.1, 0.15) is 31.7 Å². The number of nitrogens with zero attached hydrogens (tertiary/aromatic N) is 1. The molecule has 0 aliphatic heterocycles. The lowest BCUT2D eigenvalue weighted by Gasteiger charge is -2.12. The summed E-state index contributed by atoms with van der Waals surface area (Å²) in [5, 5.41) is 15.4. The van der Waals surface area contributed by atoms with Gasteiger partial charge in [-0.1, -0.05) is 53.9 Å². The maximum Gasteiger partial charge on any atom is 0.356 e. The largest absolute Gasteiger partial charge is 0.872 e. The first kappa shape index (κ1) is 16.8. The zero-order valence-electron chi connectivity index (χ0n) is 13.8. The molecule has 0 spiro atoms. The van der Waals surface area contributed by atoms with Crippen LogP contribution in [0, 0.1) is 0 Å². The molecule has 0 atom stereocenters. The van der Waals surface area contributed by atoms with Crippen LogP contribution in [0.2, 0.25) is 0 Å². The molecule has 1 heterocycles. The summed E-state index contributed by atoms with van der Waals surface area (Å²) in [5.41, 5.74) is 3.05. The number of unbranched alkanes of at least 4 members (excludes halogenated alkanes) is 2. The zero-order chi connectivity index (χ0) is 16.9. The van der Waals surface area contributed by atoms with E-state index < -0.39 is 0 Å². The van der Waals surface area contributed by atoms with E-state index in [2.05, 4.69) is 55.9 Å². The van der Waals surface area contributed by atoms with Crippen LogP contribution in [0.3, 0.4) is 0 Å². The van der Waals surface area contributed by atoms with Crippen molar-refractivity contribution in [3.63, 3.8) is 0 Å². The Kier molecular flexibility index (Phi) is 5.41. The quantitative estimate of drug-likeness (QED) is 0.473. The molecule has 3 aromatic rings. The average molecular weight is 388 g/mol. The smallest absolute Gasteiger partial charge is 0.356 e. The predicted octanol–water partition coefficient (Wildman–Crippen LogP) is 4.09. The third-order valence-corrected chi connectivity index (χ3v) is 4.67. The van der Waals surface area contributed by atoms with Gasteiger partial charge >= 0.3 is 5.95 Å². The van der Waals surface area contributed by atoms with Crippen molar-refractivity contribution in [3.8, 4) is 5.75 Å². The standard InChI is InChI=1S/C19H22BrN3O/c1-2-3-6-11-23-17-8-5-4-7-16(17)22-19(23)21-13-14-12-15(20)9-10-18(14)24/h4-5,7-10,12H,2-3,6,11,13H2,1H3,(H2,21,22,24). The fourth-order valence-electron chi connectivity index (χ4n) is 2.89. The number of imidazole rings is 1. The van der Waals surface area contributed by atoms with E-state index in [0.29, 0.717) is 6.54 Å².